The Morgan fingerprint density at radius 3 is 2.84 bits per heavy atom. The van der Waals surface area contributed by atoms with E-state index in [9.17, 15) is 4.79 Å². The van der Waals surface area contributed by atoms with Crippen LogP contribution < -0.4 is 9.47 Å². The highest BCUT2D eigenvalue weighted by molar-refractivity contribution is 5.79. The highest BCUT2D eigenvalue weighted by Crippen LogP contribution is 2.38. The molecule has 1 N–H and O–H groups in total. The van der Waals surface area contributed by atoms with E-state index in [1.54, 1.807) is 0 Å². The van der Waals surface area contributed by atoms with Crippen molar-refractivity contribution in [3.05, 3.63) is 53.7 Å². The molecule has 6 nitrogen and oxygen atoms in total. The molecule has 0 saturated heterocycles. The maximum Gasteiger partial charge on any atom is 0.303 e. The largest absolute Gasteiger partial charge is 0.493 e. The zero-order valence-corrected chi connectivity index (χ0v) is 18.3. The summed E-state index contributed by atoms with van der Waals surface area (Å²) < 4.78 is 14.0. The first-order valence-electron chi connectivity index (χ1n) is 11.7. The molecular weight excluding hydrogens is 404 g/mol. The van der Waals surface area contributed by atoms with Gasteiger partial charge < -0.3 is 14.6 Å². The number of nitrogens with zero attached hydrogens (tertiary/aromatic N) is 2. The Balaban J connectivity index is 1.25. The van der Waals surface area contributed by atoms with E-state index in [1.807, 2.05) is 24.4 Å². The number of carboxylic acid groups (broad SMARTS) is 1. The van der Waals surface area contributed by atoms with E-state index < -0.39 is 5.97 Å². The highest BCUT2D eigenvalue weighted by Gasteiger charge is 2.24. The molecule has 1 aliphatic heterocycles. The third kappa shape index (κ3) is 4.59. The van der Waals surface area contributed by atoms with Crippen LogP contribution in [0.1, 0.15) is 62.0 Å². The van der Waals surface area contributed by atoms with E-state index in [1.165, 1.54) is 37.6 Å². The minimum absolute atomic E-state index is 0.00199. The molecule has 0 spiro atoms. The summed E-state index contributed by atoms with van der Waals surface area (Å²) in [5.41, 5.74) is 3.24. The first-order chi connectivity index (χ1) is 15.7. The quantitative estimate of drug-likeness (QED) is 0.529. The topological polar surface area (TPSA) is 73.6 Å². The fraction of sp³-hybridized carbons (Fsp3) is 0.462. The Labute approximate surface area is 188 Å². The summed E-state index contributed by atoms with van der Waals surface area (Å²) in [7, 11) is 0. The molecule has 6 heteroatoms. The van der Waals surface area contributed by atoms with Crippen LogP contribution >= 0.6 is 0 Å². The lowest BCUT2D eigenvalue weighted by atomic mass is 9.89. The van der Waals surface area contributed by atoms with Crippen molar-refractivity contribution in [3.63, 3.8) is 0 Å². The van der Waals surface area contributed by atoms with Crippen molar-refractivity contribution in [3.8, 4) is 11.5 Å². The van der Waals surface area contributed by atoms with Crippen LogP contribution in [0.25, 0.3) is 10.9 Å². The summed E-state index contributed by atoms with van der Waals surface area (Å²) in [5, 5.41) is 14.9. The van der Waals surface area contributed by atoms with Crippen molar-refractivity contribution in [1.82, 2.24) is 9.78 Å². The number of hydrogen-bond acceptors (Lipinski definition) is 4. The van der Waals surface area contributed by atoms with Gasteiger partial charge in [0, 0.05) is 23.9 Å². The Morgan fingerprint density at radius 2 is 2.00 bits per heavy atom. The Morgan fingerprint density at radius 1 is 1.12 bits per heavy atom. The Hall–Kier alpha value is -3.02. The van der Waals surface area contributed by atoms with Gasteiger partial charge in [0.05, 0.1) is 24.7 Å². The lowest BCUT2D eigenvalue weighted by molar-refractivity contribution is -0.137. The van der Waals surface area contributed by atoms with Crippen molar-refractivity contribution in [2.45, 2.75) is 64.0 Å². The van der Waals surface area contributed by atoms with E-state index in [-0.39, 0.29) is 12.3 Å². The van der Waals surface area contributed by atoms with Gasteiger partial charge in [-0.25, -0.2) is 0 Å². The van der Waals surface area contributed by atoms with Gasteiger partial charge in [0.2, 0.25) is 0 Å². The van der Waals surface area contributed by atoms with Gasteiger partial charge in [-0.05, 0) is 54.5 Å². The predicted octanol–water partition coefficient (Wildman–Crippen LogP) is 5.54. The van der Waals surface area contributed by atoms with Crippen LogP contribution in [0.5, 0.6) is 11.5 Å². The number of aromatic nitrogens is 2. The van der Waals surface area contributed by atoms with Crippen molar-refractivity contribution < 1.29 is 19.4 Å². The van der Waals surface area contributed by atoms with Crippen molar-refractivity contribution in [2.75, 3.05) is 6.61 Å². The number of carboxylic acids is 1. The van der Waals surface area contributed by atoms with E-state index >= 15 is 0 Å². The van der Waals surface area contributed by atoms with Crippen molar-refractivity contribution in [2.24, 2.45) is 5.92 Å². The number of carbonyl (C=O) groups is 1. The Bertz CT molecular complexity index is 1100. The monoisotopic (exact) mass is 434 g/mol. The van der Waals surface area contributed by atoms with E-state index in [0.29, 0.717) is 13.2 Å². The number of rotatable bonds is 7. The van der Waals surface area contributed by atoms with Crippen LogP contribution in [0.4, 0.5) is 0 Å². The van der Waals surface area contributed by atoms with E-state index in [0.717, 1.165) is 46.9 Å². The summed E-state index contributed by atoms with van der Waals surface area (Å²) in [4.78, 5) is 11.1. The number of aliphatic carboxylic acids is 1. The Kier molecular flexibility index (Phi) is 6.02. The summed E-state index contributed by atoms with van der Waals surface area (Å²) in [5.74, 6) is 1.43. The van der Waals surface area contributed by atoms with Crippen LogP contribution in [0.2, 0.25) is 0 Å². The fourth-order valence-corrected chi connectivity index (χ4v) is 5.11. The summed E-state index contributed by atoms with van der Waals surface area (Å²) in [6, 6.07) is 12.1. The second-order valence-electron chi connectivity index (χ2n) is 9.14. The number of fused-ring (bicyclic) bond motifs is 2. The zero-order valence-electron chi connectivity index (χ0n) is 18.3. The van der Waals surface area contributed by atoms with Crippen LogP contribution in [0.3, 0.4) is 0 Å². The summed E-state index contributed by atoms with van der Waals surface area (Å²) in [6.07, 6.45) is 9.51. The molecule has 1 saturated carbocycles. The molecule has 0 bridgehead atoms. The number of ether oxygens (including phenoxy) is 2. The molecule has 1 aromatic heterocycles. The molecule has 3 aromatic rings. The second-order valence-corrected chi connectivity index (χ2v) is 9.14. The lowest BCUT2D eigenvalue weighted by Gasteiger charge is -2.25. The van der Waals surface area contributed by atoms with Crippen molar-refractivity contribution >= 4 is 16.9 Å². The maximum atomic E-state index is 11.1. The van der Waals surface area contributed by atoms with E-state index in [4.69, 9.17) is 14.6 Å². The van der Waals surface area contributed by atoms with Crippen molar-refractivity contribution in [1.29, 1.82) is 0 Å². The molecule has 32 heavy (non-hydrogen) atoms. The SMILES string of the molecule is O=C(O)CC1CCOc2cc(OCc3ccc4c(cnn4CC4CCCCC4)c3)ccc21. The molecular formula is C26H30N2O4. The average molecular weight is 435 g/mol. The van der Waals surface area contributed by atoms with Gasteiger partial charge in [-0.2, -0.15) is 5.10 Å². The van der Waals surface area contributed by atoms with Gasteiger partial charge in [0.1, 0.15) is 18.1 Å². The first kappa shape index (κ1) is 20.9. The van der Waals surface area contributed by atoms with Crippen LogP contribution in [0, 0.1) is 5.92 Å². The second kappa shape index (κ2) is 9.23. The van der Waals surface area contributed by atoms with Crippen LogP contribution in [-0.2, 0) is 17.9 Å². The first-order valence-corrected chi connectivity index (χ1v) is 11.7. The molecule has 1 atom stereocenters. The van der Waals surface area contributed by atoms with Gasteiger partial charge in [-0.15, -0.1) is 0 Å². The molecule has 2 aliphatic rings. The average Bonchev–Trinajstić information content (AvgIpc) is 3.20. The summed E-state index contributed by atoms with van der Waals surface area (Å²) >= 11 is 0. The molecule has 0 radical (unpaired) electrons. The molecule has 1 fully saturated rings. The minimum Gasteiger partial charge on any atom is -0.493 e. The van der Waals surface area contributed by atoms with Gasteiger partial charge >= 0.3 is 5.97 Å². The van der Waals surface area contributed by atoms with Crippen LogP contribution in [0.15, 0.2) is 42.6 Å². The standard InChI is InChI=1S/C26H30N2O4/c29-26(30)13-20-10-11-31-25-14-22(7-8-23(20)25)32-17-19-6-9-24-21(12-19)15-27-28(24)16-18-4-2-1-3-5-18/h6-9,12,14-15,18,20H,1-5,10-11,13,16-17H2,(H,29,30). The van der Waals surface area contributed by atoms with Gasteiger partial charge in [0.15, 0.2) is 0 Å². The lowest BCUT2D eigenvalue weighted by Crippen LogP contribution is -2.17. The molecule has 0 amide bonds. The van der Waals surface area contributed by atoms with Gasteiger partial charge in [-0.3, -0.25) is 9.48 Å². The van der Waals surface area contributed by atoms with Gasteiger partial charge in [-0.1, -0.05) is 31.4 Å². The number of benzene rings is 2. The summed E-state index contributed by atoms with van der Waals surface area (Å²) in [6.45, 7) is 2.01. The van der Waals surface area contributed by atoms with Crippen LogP contribution in [-0.4, -0.2) is 27.5 Å². The van der Waals surface area contributed by atoms with Gasteiger partial charge in [0.25, 0.3) is 0 Å². The highest BCUT2D eigenvalue weighted by atomic mass is 16.5. The molecule has 168 valence electrons. The molecule has 2 aromatic carbocycles. The van der Waals surface area contributed by atoms with E-state index in [2.05, 4.69) is 28.0 Å². The molecule has 1 aliphatic carbocycles. The zero-order chi connectivity index (χ0) is 21.9. The maximum absolute atomic E-state index is 11.1. The normalized spacial score (nSPS) is 18.8. The molecule has 2 heterocycles. The third-order valence-corrected chi connectivity index (χ3v) is 6.84. The molecule has 5 rings (SSSR count). The molecule has 1 unspecified atom stereocenters. The smallest absolute Gasteiger partial charge is 0.303 e. The number of hydrogen-bond donors (Lipinski definition) is 1. The fourth-order valence-electron chi connectivity index (χ4n) is 5.11. The minimum atomic E-state index is -0.777. The predicted molar refractivity (Wildman–Crippen MR) is 122 cm³/mol. The third-order valence-electron chi connectivity index (χ3n) is 6.84.